The number of allylic oxidation sites excluding steroid dienone is 1. The zero-order valence-corrected chi connectivity index (χ0v) is 12.1. The van der Waals surface area contributed by atoms with Gasteiger partial charge in [0.2, 0.25) is 11.7 Å². The first-order valence-electron chi connectivity index (χ1n) is 7.43. The van der Waals surface area contributed by atoms with Gasteiger partial charge in [-0.2, -0.15) is 0 Å². The summed E-state index contributed by atoms with van der Waals surface area (Å²) in [5.74, 6) is 1.52. The summed E-state index contributed by atoms with van der Waals surface area (Å²) in [5, 5.41) is 0. The second-order valence-corrected chi connectivity index (χ2v) is 5.53. The standard InChI is InChI=1S/C17H16N2O3/c20-17-16-14(8-9-19(17)10-12-6-7-12)18-15(22-16)11-21-13-4-2-1-3-5-13/h1-6H,7-11H2. The lowest BCUT2D eigenvalue weighted by Crippen LogP contribution is -2.37. The van der Waals surface area contributed by atoms with Crippen LogP contribution in [-0.4, -0.2) is 28.9 Å². The molecule has 5 nitrogen and oxygen atoms in total. The molecule has 4 rings (SSSR count). The molecule has 5 heteroatoms. The molecule has 0 atom stereocenters. The molecule has 1 aromatic carbocycles. The summed E-state index contributed by atoms with van der Waals surface area (Å²) in [6.45, 7) is 1.65. The van der Waals surface area contributed by atoms with Gasteiger partial charge in [0.05, 0.1) is 5.69 Å². The Morgan fingerprint density at radius 2 is 2.09 bits per heavy atom. The summed E-state index contributed by atoms with van der Waals surface area (Å²) >= 11 is 0. The van der Waals surface area contributed by atoms with Crippen LogP contribution in [0.3, 0.4) is 0 Å². The Hall–Kier alpha value is -2.56. The van der Waals surface area contributed by atoms with E-state index in [0.29, 0.717) is 18.2 Å². The Balaban J connectivity index is 1.46. The lowest BCUT2D eigenvalue weighted by molar-refractivity contribution is 0.0717. The summed E-state index contributed by atoms with van der Waals surface area (Å²) in [7, 11) is 0. The van der Waals surface area contributed by atoms with Crippen LogP contribution in [0.2, 0.25) is 0 Å². The van der Waals surface area contributed by atoms with Crippen molar-refractivity contribution in [3.8, 4) is 5.75 Å². The summed E-state index contributed by atoms with van der Waals surface area (Å²) in [6.07, 6.45) is 3.91. The van der Waals surface area contributed by atoms with Crippen molar-refractivity contribution >= 4 is 5.91 Å². The van der Waals surface area contributed by atoms with Crippen molar-refractivity contribution in [3.63, 3.8) is 0 Å². The van der Waals surface area contributed by atoms with Crippen molar-refractivity contribution in [2.45, 2.75) is 19.4 Å². The molecular formula is C17H16N2O3. The van der Waals surface area contributed by atoms with Crippen LogP contribution in [0.1, 0.15) is 28.6 Å². The van der Waals surface area contributed by atoms with Crippen LogP contribution in [0.25, 0.3) is 0 Å². The molecular weight excluding hydrogens is 280 g/mol. The maximum Gasteiger partial charge on any atom is 0.291 e. The van der Waals surface area contributed by atoms with Gasteiger partial charge >= 0.3 is 0 Å². The summed E-state index contributed by atoms with van der Waals surface area (Å²) < 4.78 is 11.2. The number of oxazole rings is 1. The number of rotatable bonds is 5. The van der Waals surface area contributed by atoms with Gasteiger partial charge in [-0.15, -0.1) is 0 Å². The first kappa shape index (κ1) is 13.1. The van der Waals surface area contributed by atoms with E-state index in [1.165, 1.54) is 5.57 Å². The molecule has 0 bridgehead atoms. The van der Waals surface area contributed by atoms with E-state index in [9.17, 15) is 4.79 Å². The number of hydrogen-bond acceptors (Lipinski definition) is 4. The highest BCUT2D eigenvalue weighted by Gasteiger charge is 2.31. The maximum absolute atomic E-state index is 12.4. The number of ether oxygens (including phenoxy) is 1. The highest BCUT2D eigenvalue weighted by Crippen LogP contribution is 2.25. The van der Waals surface area contributed by atoms with Gasteiger partial charge in [0.25, 0.3) is 5.91 Å². The molecule has 0 N–H and O–H groups in total. The third-order valence-electron chi connectivity index (χ3n) is 3.83. The van der Waals surface area contributed by atoms with Crippen molar-refractivity contribution in [2.75, 3.05) is 13.1 Å². The average Bonchev–Trinajstić information content (AvgIpc) is 3.26. The minimum Gasteiger partial charge on any atom is -0.484 e. The fourth-order valence-corrected chi connectivity index (χ4v) is 2.54. The minimum atomic E-state index is -0.0625. The molecule has 1 aliphatic carbocycles. The molecule has 0 unspecified atom stereocenters. The molecule has 1 aliphatic heterocycles. The predicted molar refractivity (Wildman–Crippen MR) is 79.6 cm³/mol. The monoisotopic (exact) mass is 296 g/mol. The van der Waals surface area contributed by atoms with E-state index in [1.807, 2.05) is 35.2 Å². The molecule has 1 aromatic heterocycles. The van der Waals surface area contributed by atoms with Gasteiger partial charge in [0.15, 0.2) is 6.61 Å². The zero-order valence-electron chi connectivity index (χ0n) is 12.1. The third kappa shape index (κ3) is 2.62. The van der Waals surface area contributed by atoms with Gasteiger partial charge in [-0.3, -0.25) is 4.79 Å². The van der Waals surface area contributed by atoms with E-state index < -0.39 is 0 Å². The Morgan fingerprint density at radius 3 is 2.86 bits per heavy atom. The molecule has 1 amide bonds. The van der Waals surface area contributed by atoms with Crippen LogP contribution in [0.4, 0.5) is 0 Å². The van der Waals surface area contributed by atoms with E-state index in [1.54, 1.807) is 0 Å². The lowest BCUT2D eigenvalue weighted by atomic mass is 10.1. The number of nitrogens with zero attached hydrogens (tertiary/aromatic N) is 2. The smallest absolute Gasteiger partial charge is 0.291 e. The molecule has 0 fully saturated rings. The quantitative estimate of drug-likeness (QED) is 0.796. The number of benzene rings is 1. The second kappa shape index (κ2) is 5.33. The number of aromatic nitrogens is 1. The average molecular weight is 296 g/mol. The van der Waals surface area contributed by atoms with E-state index >= 15 is 0 Å². The molecule has 2 aliphatic rings. The molecule has 2 aromatic rings. The first-order valence-corrected chi connectivity index (χ1v) is 7.43. The Bertz CT molecular complexity index is 734. The molecule has 0 saturated heterocycles. The van der Waals surface area contributed by atoms with Crippen molar-refractivity contribution in [2.24, 2.45) is 0 Å². The molecule has 22 heavy (non-hydrogen) atoms. The van der Waals surface area contributed by atoms with Gasteiger partial charge in [-0.1, -0.05) is 29.8 Å². The fraction of sp³-hybridized carbons (Fsp3) is 0.294. The number of hydrogen-bond donors (Lipinski definition) is 0. The number of para-hydroxylation sites is 1. The third-order valence-corrected chi connectivity index (χ3v) is 3.83. The van der Waals surface area contributed by atoms with Crippen molar-refractivity contribution in [1.82, 2.24) is 9.88 Å². The SMILES string of the molecule is O=C1c2oc(COc3ccccc3)nc2CCN1CC1=CC1. The van der Waals surface area contributed by atoms with Crippen LogP contribution in [0, 0.1) is 0 Å². The minimum absolute atomic E-state index is 0.0625. The predicted octanol–water partition coefficient (Wildman–Crippen LogP) is 2.58. The Labute approximate surface area is 128 Å². The van der Waals surface area contributed by atoms with Crippen molar-refractivity contribution in [1.29, 1.82) is 0 Å². The van der Waals surface area contributed by atoms with Crippen LogP contribution in [-0.2, 0) is 13.0 Å². The number of amides is 1. The number of carbonyl (C=O) groups is 1. The molecule has 0 saturated carbocycles. The summed E-state index contributed by atoms with van der Waals surface area (Å²) in [6, 6.07) is 9.49. The highest BCUT2D eigenvalue weighted by atomic mass is 16.5. The van der Waals surface area contributed by atoms with Crippen LogP contribution < -0.4 is 4.74 Å². The zero-order chi connectivity index (χ0) is 14.9. The van der Waals surface area contributed by atoms with E-state index in [0.717, 1.165) is 30.8 Å². The first-order chi connectivity index (χ1) is 10.8. The van der Waals surface area contributed by atoms with Gasteiger partial charge in [0, 0.05) is 19.5 Å². The molecule has 2 heterocycles. The Kier molecular flexibility index (Phi) is 3.18. The van der Waals surface area contributed by atoms with Gasteiger partial charge in [-0.05, 0) is 18.6 Å². The summed E-state index contributed by atoms with van der Waals surface area (Å²) in [4.78, 5) is 18.6. The molecule has 0 spiro atoms. The maximum atomic E-state index is 12.4. The van der Waals surface area contributed by atoms with Gasteiger partial charge < -0.3 is 14.1 Å². The van der Waals surface area contributed by atoms with Gasteiger partial charge in [-0.25, -0.2) is 4.98 Å². The molecule has 112 valence electrons. The van der Waals surface area contributed by atoms with Crippen molar-refractivity contribution < 1.29 is 13.9 Å². The fourth-order valence-electron chi connectivity index (χ4n) is 2.54. The number of carbonyl (C=O) groups excluding carboxylic acids is 1. The lowest BCUT2D eigenvalue weighted by Gasteiger charge is -2.24. The largest absolute Gasteiger partial charge is 0.484 e. The van der Waals surface area contributed by atoms with Gasteiger partial charge in [0.1, 0.15) is 5.75 Å². The Morgan fingerprint density at radius 1 is 1.27 bits per heavy atom. The van der Waals surface area contributed by atoms with Crippen molar-refractivity contribution in [3.05, 3.63) is 59.3 Å². The number of fused-ring (bicyclic) bond motifs is 1. The van der Waals surface area contributed by atoms with Crippen LogP contribution in [0.5, 0.6) is 5.75 Å². The summed E-state index contributed by atoms with van der Waals surface area (Å²) in [5.41, 5.74) is 2.07. The van der Waals surface area contributed by atoms with E-state index in [-0.39, 0.29) is 12.5 Å². The topological polar surface area (TPSA) is 55.6 Å². The normalized spacial score (nSPS) is 16.3. The second-order valence-electron chi connectivity index (χ2n) is 5.53. The van der Waals surface area contributed by atoms with Crippen LogP contribution >= 0.6 is 0 Å². The highest BCUT2D eigenvalue weighted by molar-refractivity contribution is 5.93. The van der Waals surface area contributed by atoms with E-state index in [2.05, 4.69) is 11.1 Å². The van der Waals surface area contributed by atoms with E-state index in [4.69, 9.17) is 9.15 Å². The van der Waals surface area contributed by atoms with Crippen LogP contribution in [0.15, 0.2) is 46.4 Å². The molecule has 0 radical (unpaired) electrons.